The Morgan fingerprint density at radius 2 is 1.59 bits per heavy atom. The van der Waals surface area contributed by atoms with Gasteiger partial charge in [0, 0.05) is 36.7 Å². The fourth-order valence-electron chi connectivity index (χ4n) is 3.48. The number of carboxylic acid groups (broad SMARTS) is 1. The van der Waals surface area contributed by atoms with E-state index in [0.29, 0.717) is 17.2 Å². The van der Waals surface area contributed by atoms with E-state index in [2.05, 4.69) is 30.7 Å². The fraction of sp³-hybridized carbons (Fsp3) is 0.353. The topological polar surface area (TPSA) is 114 Å². The van der Waals surface area contributed by atoms with Crippen LogP contribution in [-0.4, -0.2) is 50.9 Å². The van der Waals surface area contributed by atoms with E-state index in [4.69, 9.17) is 4.42 Å². The molecule has 44 heavy (non-hydrogen) atoms. The molecule has 0 aliphatic rings. The van der Waals surface area contributed by atoms with Gasteiger partial charge in [0.1, 0.15) is 34.1 Å². The first-order chi connectivity index (χ1) is 21.0. The quantitative estimate of drug-likeness (QED) is 0.142. The van der Waals surface area contributed by atoms with Crippen LogP contribution in [0, 0.1) is 6.92 Å². The van der Waals surface area contributed by atoms with Gasteiger partial charge in [0.15, 0.2) is 5.65 Å². The van der Waals surface area contributed by atoms with E-state index >= 15 is 0 Å². The monoisotopic (exact) mass is 624 g/mol. The summed E-state index contributed by atoms with van der Waals surface area (Å²) in [4.78, 5) is 27.1. The number of rotatable bonds is 6. The molecule has 3 heterocycles. The Bertz CT molecular complexity index is 1540. The highest BCUT2D eigenvalue weighted by Gasteiger charge is 2.17. The summed E-state index contributed by atoms with van der Waals surface area (Å²) in [5.74, 6) is 1.12. The molecule has 0 spiro atoms. The fourth-order valence-corrected chi connectivity index (χ4v) is 4.41. The third-order valence-corrected chi connectivity index (χ3v) is 6.10. The normalized spacial score (nSPS) is 10.2. The van der Waals surface area contributed by atoms with Crippen molar-refractivity contribution >= 4 is 28.9 Å². The number of ether oxygens (including phenoxy) is 1. The van der Waals surface area contributed by atoms with E-state index in [1.54, 1.807) is 56.6 Å². The number of thioether (sulfide) groups is 1. The highest BCUT2D eigenvalue weighted by atomic mass is 32.2. The van der Waals surface area contributed by atoms with E-state index in [9.17, 15) is 14.3 Å². The van der Waals surface area contributed by atoms with Gasteiger partial charge in [-0.2, -0.15) is 0 Å². The second-order valence-corrected chi connectivity index (χ2v) is 10.7. The molecule has 0 amide bonds. The summed E-state index contributed by atoms with van der Waals surface area (Å²) in [6.45, 7) is 14.6. The molecule has 10 heteroatoms. The van der Waals surface area contributed by atoms with Crippen molar-refractivity contribution in [2.75, 3.05) is 14.2 Å². The van der Waals surface area contributed by atoms with Crippen molar-refractivity contribution in [2.45, 2.75) is 71.8 Å². The maximum absolute atomic E-state index is 11.7. The van der Waals surface area contributed by atoms with Crippen molar-refractivity contribution in [1.82, 2.24) is 19.9 Å². The lowest BCUT2D eigenvalue weighted by atomic mass is 10.1. The number of carboxylic acids is 1. The van der Waals surface area contributed by atoms with Crippen molar-refractivity contribution in [3.8, 4) is 22.6 Å². The van der Waals surface area contributed by atoms with Crippen LogP contribution >= 0.6 is 11.8 Å². The molecule has 3 aromatic heterocycles. The van der Waals surface area contributed by atoms with Crippen LogP contribution in [0.5, 0.6) is 0 Å². The number of aryl methyl sites for hydroxylation is 1. The number of carbonyl (C=O) groups is 1. The summed E-state index contributed by atoms with van der Waals surface area (Å²) >= 11 is 1.56. The number of furan rings is 1. The number of halogens is 1. The highest BCUT2D eigenvalue weighted by Crippen LogP contribution is 2.37. The number of aromatic carboxylic acids is 1. The summed E-state index contributed by atoms with van der Waals surface area (Å²) in [7, 11) is 3.25. The Kier molecular flexibility index (Phi) is 16.7. The van der Waals surface area contributed by atoms with Gasteiger partial charge in [-0.05, 0) is 52.0 Å². The van der Waals surface area contributed by atoms with Crippen LogP contribution in [0.3, 0.4) is 0 Å². The lowest BCUT2D eigenvalue weighted by Crippen LogP contribution is -2.01. The second-order valence-electron chi connectivity index (χ2n) is 9.76. The minimum Gasteiger partial charge on any atom is -0.478 e. The Labute approximate surface area is 264 Å². The van der Waals surface area contributed by atoms with Crippen LogP contribution in [0.2, 0.25) is 0 Å². The lowest BCUT2D eigenvalue weighted by Gasteiger charge is -2.04. The third-order valence-electron chi connectivity index (χ3n) is 5.06. The number of nitrogens with zero attached hydrogens (tertiary/aromatic N) is 3. The van der Waals surface area contributed by atoms with Crippen LogP contribution in [-0.2, 0) is 10.5 Å². The smallest absolute Gasteiger partial charge is 0.335 e. The van der Waals surface area contributed by atoms with Crippen LogP contribution in [0.1, 0.15) is 70.0 Å². The molecule has 5 aromatic rings. The average Bonchev–Trinajstić information content (AvgIpc) is 3.66. The number of aromatic nitrogens is 4. The van der Waals surface area contributed by atoms with Gasteiger partial charge in [-0.25, -0.2) is 24.1 Å². The van der Waals surface area contributed by atoms with Gasteiger partial charge < -0.3 is 19.2 Å². The zero-order valence-corrected chi connectivity index (χ0v) is 28.2. The van der Waals surface area contributed by atoms with Gasteiger partial charge in [0.2, 0.25) is 0 Å². The predicted molar refractivity (Wildman–Crippen MR) is 179 cm³/mol. The zero-order valence-electron chi connectivity index (χ0n) is 27.4. The SMILES string of the molecule is CC.CC.CC(C)(C)F.COC.Cc1cccc(-c2cc(CSc3ncnc4nc[nH]c34)c(-c3ccc(C(=O)O)cc3)o2)c1. The molecule has 0 radical (unpaired) electrons. The molecular formula is C34H45FN4O4S. The van der Waals surface area contributed by atoms with Gasteiger partial charge >= 0.3 is 5.97 Å². The van der Waals surface area contributed by atoms with E-state index in [1.165, 1.54) is 27.1 Å². The van der Waals surface area contributed by atoms with Crippen LogP contribution in [0.25, 0.3) is 33.8 Å². The first-order valence-electron chi connectivity index (χ1n) is 14.4. The van der Waals surface area contributed by atoms with Crippen molar-refractivity contribution in [2.24, 2.45) is 0 Å². The number of hydrogen-bond acceptors (Lipinski definition) is 7. The largest absolute Gasteiger partial charge is 0.478 e. The van der Waals surface area contributed by atoms with Gasteiger partial charge in [-0.3, -0.25) is 0 Å². The molecule has 2 aromatic carbocycles. The molecule has 238 valence electrons. The van der Waals surface area contributed by atoms with Crippen molar-refractivity contribution in [3.05, 3.63) is 83.9 Å². The maximum atomic E-state index is 11.7. The van der Waals surface area contributed by atoms with Gasteiger partial charge in [-0.1, -0.05) is 75.4 Å². The summed E-state index contributed by atoms with van der Waals surface area (Å²) in [6, 6.07) is 16.9. The molecule has 0 atom stereocenters. The number of H-pyrrole nitrogens is 1. The first-order valence-corrected chi connectivity index (χ1v) is 15.4. The van der Waals surface area contributed by atoms with Gasteiger partial charge in [0.05, 0.1) is 11.9 Å². The first kappa shape index (κ1) is 38.0. The number of imidazole rings is 1. The summed E-state index contributed by atoms with van der Waals surface area (Å²) < 4.78 is 22.2. The zero-order chi connectivity index (χ0) is 33.3. The Morgan fingerprint density at radius 1 is 0.977 bits per heavy atom. The van der Waals surface area contributed by atoms with Crippen molar-refractivity contribution in [1.29, 1.82) is 0 Å². The van der Waals surface area contributed by atoms with Crippen LogP contribution in [0.4, 0.5) is 4.39 Å². The van der Waals surface area contributed by atoms with Crippen molar-refractivity contribution in [3.63, 3.8) is 0 Å². The van der Waals surface area contributed by atoms with E-state index in [-0.39, 0.29) is 5.56 Å². The Morgan fingerprint density at radius 3 is 2.16 bits per heavy atom. The Hall–Kier alpha value is -4.02. The lowest BCUT2D eigenvalue weighted by molar-refractivity contribution is 0.0697. The Balaban J connectivity index is 0.000000704. The van der Waals surface area contributed by atoms with Gasteiger partial charge in [-0.15, -0.1) is 0 Å². The third kappa shape index (κ3) is 12.3. The van der Waals surface area contributed by atoms with Gasteiger partial charge in [0.25, 0.3) is 0 Å². The number of hydrogen-bond donors (Lipinski definition) is 2. The molecule has 0 fully saturated rings. The van der Waals surface area contributed by atoms with E-state index < -0.39 is 11.6 Å². The molecule has 0 aliphatic heterocycles. The number of fused-ring (bicyclic) bond motifs is 1. The number of alkyl halides is 1. The van der Waals surface area contributed by atoms with E-state index in [1.807, 2.05) is 58.9 Å². The number of nitrogens with one attached hydrogen (secondary N) is 1. The average molecular weight is 625 g/mol. The maximum Gasteiger partial charge on any atom is 0.335 e. The molecule has 5 rings (SSSR count). The molecular weight excluding hydrogens is 579 g/mol. The van der Waals surface area contributed by atoms with Crippen LogP contribution < -0.4 is 0 Å². The molecule has 0 saturated heterocycles. The molecule has 0 unspecified atom stereocenters. The molecule has 2 N–H and O–H groups in total. The number of benzene rings is 2. The molecule has 0 bridgehead atoms. The minimum atomic E-state index is -1.00. The predicted octanol–water partition coefficient (Wildman–Crippen LogP) is 9.65. The summed E-state index contributed by atoms with van der Waals surface area (Å²) in [5.41, 5.74) is 4.59. The number of methoxy groups -OCH3 is 1. The van der Waals surface area contributed by atoms with Crippen molar-refractivity contribution < 1.29 is 23.4 Å². The molecule has 0 aliphatic carbocycles. The minimum absolute atomic E-state index is 0.234. The number of aromatic amines is 1. The molecule has 0 saturated carbocycles. The standard InChI is InChI=1S/C24H18N4O3S.C4H9F.C2H6O.2C2H6/c1-14-3-2-4-17(9-14)19-10-18(11-32-23-20-22(26-12-25-20)27-13-28-23)21(31-19)15-5-7-16(8-6-15)24(29)30;1-4(2,3)5;1-3-2;2*1-2/h2-10,12-13H,11H2,1H3,(H,29,30)(H,25,26,27,28);1-3H3;1-2H3;2*1-2H3. The van der Waals surface area contributed by atoms with E-state index in [0.717, 1.165) is 38.6 Å². The summed E-state index contributed by atoms with van der Waals surface area (Å²) in [6.07, 6.45) is 3.11. The van der Waals surface area contributed by atoms with Crippen LogP contribution in [0.15, 0.2) is 76.7 Å². The summed E-state index contributed by atoms with van der Waals surface area (Å²) in [5, 5.41) is 10.0. The molecule has 8 nitrogen and oxygen atoms in total. The highest BCUT2D eigenvalue weighted by molar-refractivity contribution is 7.98. The second kappa shape index (κ2) is 19.3.